The number of hydrogen-bond acceptors (Lipinski definition) is 5. The third-order valence-electron chi connectivity index (χ3n) is 3.35. The number of fused-ring (bicyclic) bond motifs is 1. The number of anilines is 1. The van der Waals surface area contributed by atoms with E-state index < -0.39 is 11.5 Å². The molecule has 0 saturated heterocycles. The first-order valence-corrected chi connectivity index (χ1v) is 6.03. The average Bonchev–Trinajstić information content (AvgIpc) is 3.06. The van der Waals surface area contributed by atoms with Gasteiger partial charge in [0.15, 0.2) is 11.4 Å². The number of nitrogens with zero attached hydrogens (tertiary/aromatic N) is 1. The zero-order chi connectivity index (χ0) is 14.2. The molecular formula is C14H12N2O4. The van der Waals surface area contributed by atoms with Crippen LogP contribution in [0, 0.1) is 0 Å². The van der Waals surface area contributed by atoms with Crippen molar-refractivity contribution in [1.29, 1.82) is 0 Å². The van der Waals surface area contributed by atoms with Crippen LogP contribution < -0.4 is 5.32 Å². The van der Waals surface area contributed by atoms with Crippen LogP contribution in [0.2, 0.25) is 0 Å². The number of benzene rings is 1. The van der Waals surface area contributed by atoms with Crippen LogP contribution in [-0.2, 0) is 10.4 Å². The number of furan rings is 1. The third kappa shape index (κ3) is 1.78. The molecule has 0 saturated carbocycles. The molecule has 2 heterocycles. The van der Waals surface area contributed by atoms with Crippen LogP contribution in [0.4, 0.5) is 5.69 Å². The van der Waals surface area contributed by atoms with Crippen molar-refractivity contribution in [1.82, 2.24) is 0 Å². The van der Waals surface area contributed by atoms with Crippen LogP contribution in [0.5, 0.6) is 0 Å². The molecule has 1 aliphatic heterocycles. The molecule has 0 unspecified atom stereocenters. The Hall–Kier alpha value is -2.60. The number of rotatable bonds is 3. The summed E-state index contributed by atoms with van der Waals surface area (Å²) in [5.41, 5.74) is -0.663. The second-order valence-corrected chi connectivity index (χ2v) is 4.56. The van der Waals surface area contributed by atoms with Crippen LogP contribution in [-0.4, -0.2) is 21.9 Å². The van der Waals surface area contributed by atoms with Crippen LogP contribution in [0.1, 0.15) is 17.7 Å². The highest BCUT2D eigenvalue weighted by molar-refractivity contribution is 6.09. The molecule has 20 heavy (non-hydrogen) atoms. The van der Waals surface area contributed by atoms with Gasteiger partial charge in [-0.25, -0.2) is 0 Å². The number of nitrogens with one attached hydrogen (secondary N) is 1. The van der Waals surface area contributed by atoms with Gasteiger partial charge in [0.25, 0.3) is 5.91 Å². The highest BCUT2D eigenvalue weighted by Gasteiger charge is 2.46. The van der Waals surface area contributed by atoms with Crippen LogP contribution in [0.25, 0.3) is 0 Å². The molecule has 102 valence electrons. The van der Waals surface area contributed by atoms with Crippen molar-refractivity contribution in [2.75, 3.05) is 5.32 Å². The van der Waals surface area contributed by atoms with Crippen molar-refractivity contribution >= 4 is 17.3 Å². The maximum absolute atomic E-state index is 12.0. The summed E-state index contributed by atoms with van der Waals surface area (Å²) in [5.74, 6) is -0.246. The van der Waals surface area contributed by atoms with Gasteiger partial charge in [0.2, 0.25) is 0 Å². The molecule has 0 spiro atoms. The first-order valence-electron chi connectivity index (χ1n) is 6.03. The maximum Gasteiger partial charge on any atom is 0.261 e. The summed E-state index contributed by atoms with van der Waals surface area (Å²) in [7, 11) is 0. The Kier molecular flexibility index (Phi) is 2.80. The standard InChI is InChI=1S/C14H12N2O4/c17-13-14(18,9-4-1-2-5-10(9)15-13)8-11(16-19)12-6-3-7-20-12/h1-7,18-19H,8H2,(H,15,17)/t14-/m1/s1. The van der Waals surface area contributed by atoms with Gasteiger partial charge in [-0.2, -0.15) is 0 Å². The summed E-state index contributed by atoms with van der Waals surface area (Å²) in [5, 5.41) is 25.5. The second-order valence-electron chi connectivity index (χ2n) is 4.56. The van der Waals surface area contributed by atoms with E-state index in [1.54, 1.807) is 36.4 Å². The number of carbonyl (C=O) groups excluding carboxylic acids is 1. The Bertz CT molecular complexity index is 678. The first kappa shape index (κ1) is 12.4. The van der Waals surface area contributed by atoms with Gasteiger partial charge in [-0.1, -0.05) is 23.4 Å². The van der Waals surface area contributed by atoms with E-state index >= 15 is 0 Å². The Morgan fingerprint density at radius 3 is 2.80 bits per heavy atom. The zero-order valence-corrected chi connectivity index (χ0v) is 10.4. The number of amides is 1. The minimum Gasteiger partial charge on any atom is -0.463 e. The largest absolute Gasteiger partial charge is 0.463 e. The van der Waals surface area contributed by atoms with Gasteiger partial charge >= 0.3 is 0 Å². The number of aliphatic hydroxyl groups is 1. The lowest BCUT2D eigenvalue weighted by Gasteiger charge is -2.20. The summed E-state index contributed by atoms with van der Waals surface area (Å²) < 4.78 is 5.13. The van der Waals surface area contributed by atoms with E-state index in [4.69, 9.17) is 9.62 Å². The lowest BCUT2D eigenvalue weighted by Crippen LogP contribution is -2.36. The van der Waals surface area contributed by atoms with Crippen molar-refractivity contribution in [3.8, 4) is 0 Å². The number of hydrogen-bond donors (Lipinski definition) is 3. The third-order valence-corrected chi connectivity index (χ3v) is 3.35. The molecule has 1 atom stereocenters. The minimum atomic E-state index is -1.77. The summed E-state index contributed by atoms with van der Waals surface area (Å²) in [6.45, 7) is 0. The lowest BCUT2D eigenvalue weighted by molar-refractivity contribution is -0.132. The normalized spacial score (nSPS) is 21.6. The summed E-state index contributed by atoms with van der Waals surface area (Å²) in [4.78, 5) is 12.0. The molecule has 1 aliphatic rings. The van der Waals surface area contributed by atoms with Gasteiger partial charge in [-0.05, 0) is 18.2 Å². The molecule has 0 fully saturated rings. The Morgan fingerprint density at radius 2 is 2.10 bits per heavy atom. The van der Waals surface area contributed by atoms with Crippen molar-refractivity contribution in [2.24, 2.45) is 5.16 Å². The number of carbonyl (C=O) groups is 1. The fourth-order valence-electron chi connectivity index (χ4n) is 2.33. The van der Waals surface area contributed by atoms with E-state index in [1.807, 2.05) is 0 Å². The van der Waals surface area contributed by atoms with Crippen molar-refractivity contribution in [3.05, 3.63) is 54.0 Å². The van der Waals surface area contributed by atoms with Crippen molar-refractivity contribution < 1.29 is 19.5 Å². The van der Waals surface area contributed by atoms with Gasteiger partial charge in [0.05, 0.1) is 6.26 Å². The Balaban J connectivity index is 1.99. The van der Waals surface area contributed by atoms with Crippen molar-refractivity contribution in [2.45, 2.75) is 12.0 Å². The SMILES string of the molecule is O=C1Nc2ccccc2[C@]1(O)CC(=NO)c1ccco1. The predicted molar refractivity (Wildman–Crippen MR) is 70.6 cm³/mol. The average molecular weight is 272 g/mol. The van der Waals surface area contributed by atoms with Gasteiger partial charge < -0.3 is 20.0 Å². The molecule has 6 nitrogen and oxygen atoms in total. The van der Waals surface area contributed by atoms with Crippen molar-refractivity contribution in [3.63, 3.8) is 0 Å². The first-order chi connectivity index (χ1) is 9.65. The van der Waals surface area contributed by atoms with E-state index in [0.29, 0.717) is 17.0 Å². The molecule has 2 aromatic rings. The summed E-state index contributed by atoms with van der Waals surface area (Å²) in [6, 6.07) is 10.1. The molecule has 1 amide bonds. The summed E-state index contributed by atoms with van der Waals surface area (Å²) in [6.07, 6.45) is 1.24. The van der Waals surface area contributed by atoms with Gasteiger partial charge in [0, 0.05) is 17.7 Å². The van der Waals surface area contributed by atoms with E-state index in [9.17, 15) is 9.90 Å². The van der Waals surface area contributed by atoms with E-state index in [0.717, 1.165) is 0 Å². The highest BCUT2D eigenvalue weighted by Crippen LogP contribution is 2.38. The van der Waals surface area contributed by atoms with Crippen LogP contribution >= 0.6 is 0 Å². The molecule has 3 N–H and O–H groups in total. The molecule has 0 aliphatic carbocycles. The lowest BCUT2D eigenvalue weighted by atomic mass is 9.89. The van der Waals surface area contributed by atoms with E-state index in [2.05, 4.69) is 10.5 Å². The maximum atomic E-state index is 12.0. The molecule has 0 bridgehead atoms. The molecule has 6 heteroatoms. The predicted octanol–water partition coefficient (Wildman–Crippen LogP) is 1.69. The molecule has 1 aromatic heterocycles. The monoisotopic (exact) mass is 272 g/mol. The molecule has 1 aromatic carbocycles. The van der Waals surface area contributed by atoms with E-state index in [1.165, 1.54) is 6.26 Å². The van der Waals surface area contributed by atoms with Crippen LogP contribution in [0.15, 0.2) is 52.2 Å². The quantitative estimate of drug-likeness (QED) is 0.450. The Morgan fingerprint density at radius 1 is 1.30 bits per heavy atom. The molecule has 3 rings (SSSR count). The van der Waals surface area contributed by atoms with E-state index in [-0.39, 0.29) is 12.1 Å². The number of oxime groups is 1. The minimum absolute atomic E-state index is 0.101. The van der Waals surface area contributed by atoms with Gasteiger partial charge in [-0.15, -0.1) is 0 Å². The zero-order valence-electron chi connectivity index (χ0n) is 10.4. The van der Waals surface area contributed by atoms with Gasteiger partial charge in [0.1, 0.15) is 5.71 Å². The highest BCUT2D eigenvalue weighted by atomic mass is 16.4. The summed E-state index contributed by atoms with van der Waals surface area (Å²) >= 11 is 0. The topological polar surface area (TPSA) is 95.1 Å². The second kappa shape index (κ2) is 4.50. The Labute approximate surface area is 114 Å². The van der Waals surface area contributed by atoms with Crippen LogP contribution in [0.3, 0.4) is 0 Å². The molecular weight excluding hydrogens is 260 g/mol. The fourth-order valence-corrected chi connectivity index (χ4v) is 2.33. The fraction of sp³-hybridized carbons (Fsp3) is 0.143. The van der Waals surface area contributed by atoms with Gasteiger partial charge in [-0.3, -0.25) is 4.79 Å². The smallest absolute Gasteiger partial charge is 0.261 e. The number of para-hydroxylation sites is 1. The molecule has 0 radical (unpaired) electrons.